The fourth-order valence-corrected chi connectivity index (χ4v) is 1.42. The predicted molar refractivity (Wildman–Crippen MR) is 63.5 cm³/mol. The van der Waals surface area contributed by atoms with Gasteiger partial charge in [0.05, 0.1) is 13.2 Å². The van der Waals surface area contributed by atoms with Crippen LogP contribution in [0.5, 0.6) is 5.88 Å². The van der Waals surface area contributed by atoms with Crippen LogP contribution in [0, 0.1) is 0 Å². The Hall–Kier alpha value is -1.13. The lowest BCUT2D eigenvalue weighted by Gasteiger charge is -2.11. The number of rotatable bonds is 7. The van der Waals surface area contributed by atoms with Gasteiger partial charge < -0.3 is 15.2 Å². The summed E-state index contributed by atoms with van der Waals surface area (Å²) < 4.78 is 4.96. The Morgan fingerprint density at radius 1 is 1.44 bits per heavy atom. The Morgan fingerprint density at radius 3 is 2.81 bits per heavy atom. The Bertz CT molecular complexity index is 288. The molecule has 1 unspecified atom stereocenters. The number of aromatic nitrogens is 1. The maximum atomic E-state index is 9.86. The number of hydrogen-bond donors (Lipinski definition) is 2. The van der Waals surface area contributed by atoms with Crippen LogP contribution in [-0.2, 0) is 0 Å². The van der Waals surface area contributed by atoms with Gasteiger partial charge >= 0.3 is 0 Å². The number of methoxy groups -OCH3 is 1. The molecule has 0 amide bonds. The van der Waals surface area contributed by atoms with E-state index in [2.05, 4.69) is 17.2 Å². The van der Waals surface area contributed by atoms with Gasteiger partial charge in [0.25, 0.3) is 0 Å². The third-order valence-corrected chi connectivity index (χ3v) is 2.37. The number of aliphatic hydroxyl groups excluding tert-OH is 1. The summed E-state index contributed by atoms with van der Waals surface area (Å²) in [5.74, 6) is 0.569. The largest absolute Gasteiger partial charge is 0.481 e. The highest BCUT2D eigenvalue weighted by atomic mass is 16.5. The molecule has 2 N–H and O–H groups in total. The molecular weight excluding hydrogens is 204 g/mol. The van der Waals surface area contributed by atoms with E-state index in [9.17, 15) is 5.11 Å². The molecule has 0 aromatic carbocycles. The van der Waals surface area contributed by atoms with Crippen LogP contribution in [0.4, 0.5) is 0 Å². The third-order valence-electron chi connectivity index (χ3n) is 2.37. The average Bonchev–Trinajstić information content (AvgIpc) is 2.34. The summed E-state index contributed by atoms with van der Waals surface area (Å²) in [5.41, 5.74) is 0.832. The molecule has 1 heterocycles. The minimum Gasteiger partial charge on any atom is -0.481 e. The van der Waals surface area contributed by atoms with Gasteiger partial charge in [-0.15, -0.1) is 0 Å². The summed E-state index contributed by atoms with van der Waals surface area (Å²) in [4.78, 5) is 4.06. The highest BCUT2D eigenvalue weighted by Gasteiger charge is 2.07. The molecule has 0 radical (unpaired) electrons. The van der Waals surface area contributed by atoms with Crippen LogP contribution in [0.2, 0.25) is 0 Å². The van der Waals surface area contributed by atoms with E-state index in [1.54, 1.807) is 19.4 Å². The van der Waals surface area contributed by atoms with Crippen LogP contribution in [0.1, 0.15) is 31.4 Å². The number of aliphatic hydroxyl groups is 1. The van der Waals surface area contributed by atoms with Crippen molar-refractivity contribution in [2.75, 3.05) is 20.2 Å². The summed E-state index contributed by atoms with van der Waals surface area (Å²) in [5, 5.41) is 13.1. The Morgan fingerprint density at radius 2 is 2.25 bits per heavy atom. The third kappa shape index (κ3) is 4.16. The maximum absolute atomic E-state index is 9.86. The zero-order valence-electron chi connectivity index (χ0n) is 9.94. The molecule has 0 aliphatic carbocycles. The number of pyridine rings is 1. The van der Waals surface area contributed by atoms with Crippen LogP contribution in [0.3, 0.4) is 0 Å². The molecule has 0 saturated carbocycles. The second-order valence-electron chi connectivity index (χ2n) is 3.69. The van der Waals surface area contributed by atoms with Crippen molar-refractivity contribution in [3.8, 4) is 5.88 Å². The number of nitrogens with one attached hydrogen (secondary N) is 1. The first-order valence-electron chi connectivity index (χ1n) is 5.66. The zero-order valence-corrected chi connectivity index (χ0v) is 9.94. The Kier molecular flexibility index (Phi) is 5.82. The van der Waals surface area contributed by atoms with Gasteiger partial charge in [-0.1, -0.05) is 6.92 Å². The van der Waals surface area contributed by atoms with E-state index in [1.165, 1.54) is 0 Å². The molecule has 16 heavy (non-hydrogen) atoms. The quantitative estimate of drug-likeness (QED) is 0.689. The van der Waals surface area contributed by atoms with Crippen molar-refractivity contribution in [3.63, 3.8) is 0 Å². The van der Waals surface area contributed by atoms with E-state index >= 15 is 0 Å². The van der Waals surface area contributed by atoms with E-state index < -0.39 is 6.10 Å². The second-order valence-corrected chi connectivity index (χ2v) is 3.69. The molecule has 4 heteroatoms. The fourth-order valence-electron chi connectivity index (χ4n) is 1.42. The van der Waals surface area contributed by atoms with Gasteiger partial charge in [0.15, 0.2) is 0 Å². The fraction of sp³-hybridized carbons (Fsp3) is 0.583. The molecule has 1 atom stereocenters. The van der Waals surface area contributed by atoms with Crippen LogP contribution in [0.25, 0.3) is 0 Å². The second kappa shape index (κ2) is 7.19. The lowest BCUT2D eigenvalue weighted by molar-refractivity contribution is 0.166. The summed E-state index contributed by atoms with van der Waals surface area (Å²) in [6.07, 6.45) is 3.01. The van der Waals surface area contributed by atoms with Gasteiger partial charge in [-0.05, 0) is 37.6 Å². The molecule has 0 spiro atoms. The zero-order chi connectivity index (χ0) is 11.8. The first-order valence-corrected chi connectivity index (χ1v) is 5.66. The van der Waals surface area contributed by atoms with Gasteiger partial charge in [-0.3, -0.25) is 0 Å². The van der Waals surface area contributed by atoms with Gasteiger partial charge in [0.2, 0.25) is 5.88 Å². The average molecular weight is 224 g/mol. The van der Waals surface area contributed by atoms with E-state index in [0.29, 0.717) is 12.3 Å². The van der Waals surface area contributed by atoms with Gasteiger partial charge in [0.1, 0.15) is 0 Å². The van der Waals surface area contributed by atoms with Crippen molar-refractivity contribution < 1.29 is 9.84 Å². The molecular formula is C12H20N2O2. The van der Waals surface area contributed by atoms with E-state index in [1.807, 2.05) is 6.07 Å². The molecule has 1 aromatic rings. The summed E-state index contributed by atoms with van der Waals surface area (Å²) in [7, 11) is 1.58. The molecule has 4 nitrogen and oxygen atoms in total. The van der Waals surface area contributed by atoms with Crippen LogP contribution in [-0.4, -0.2) is 30.3 Å². The van der Waals surface area contributed by atoms with Crippen molar-refractivity contribution in [2.45, 2.75) is 25.9 Å². The van der Waals surface area contributed by atoms with Crippen molar-refractivity contribution in [1.29, 1.82) is 0 Å². The van der Waals surface area contributed by atoms with Crippen molar-refractivity contribution >= 4 is 0 Å². The van der Waals surface area contributed by atoms with Crippen molar-refractivity contribution in [1.82, 2.24) is 10.3 Å². The normalized spacial score (nSPS) is 12.4. The molecule has 1 aromatic heterocycles. The first kappa shape index (κ1) is 12.9. The lowest BCUT2D eigenvalue weighted by atomic mass is 10.1. The van der Waals surface area contributed by atoms with Crippen molar-refractivity contribution in [2.24, 2.45) is 0 Å². The lowest BCUT2D eigenvalue weighted by Crippen LogP contribution is -2.18. The van der Waals surface area contributed by atoms with Crippen molar-refractivity contribution in [3.05, 3.63) is 23.9 Å². The van der Waals surface area contributed by atoms with Crippen LogP contribution < -0.4 is 10.1 Å². The molecule has 1 rings (SSSR count). The molecule has 0 fully saturated rings. The minimum atomic E-state index is -0.456. The topological polar surface area (TPSA) is 54.4 Å². The number of nitrogens with zero attached hydrogens (tertiary/aromatic N) is 1. The van der Waals surface area contributed by atoms with Crippen LogP contribution in [0.15, 0.2) is 18.3 Å². The predicted octanol–water partition coefficient (Wildman–Crippen LogP) is 1.51. The molecule has 90 valence electrons. The summed E-state index contributed by atoms with van der Waals surface area (Å²) in [6.45, 7) is 3.94. The van der Waals surface area contributed by atoms with E-state index in [-0.39, 0.29) is 0 Å². The summed E-state index contributed by atoms with van der Waals surface area (Å²) >= 11 is 0. The Balaban J connectivity index is 2.37. The van der Waals surface area contributed by atoms with Crippen LogP contribution >= 0.6 is 0 Å². The standard InChI is InChI=1S/C12H20N2O2/c1-3-7-13-8-6-11(15)10-4-5-12(16-2)14-9-10/h4-5,9,11,13,15H,3,6-8H2,1-2H3. The SMILES string of the molecule is CCCNCCC(O)c1ccc(OC)nc1. The van der Waals surface area contributed by atoms with Gasteiger partial charge in [0, 0.05) is 12.3 Å². The highest BCUT2D eigenvalue weighted by Crippen LogP contribution is 2.16. The number of hydrogen-bond acceptors (Lipinski definition) is 4. The molecule has 0 aliphatic rings. The smallest absolute Gasteiger partial charge is 0.212 e. The first-order chi connectivity index (χ1) is 7.77. The highest BCUT2D eigenvalue weighted by molar-refractivity contribution is 5.19. The van der Waals surface area contributed by atoms with E-state index in [4.69, 9.17) is 4.74 Å². The Labute approximate surface area is 96.7 Å². The minimum absolute atomic E-state index is 0.456. The summed E-state index contributed by atoms with van der Waals surface area (Å²) in [6, 6.07) is 3.61. The van der Waals surface area contributed by atoms with Gasteiger partial charge in [-0.2, -0.15) is 0 Å². The maximum Gasteiger partial charge on any atom is 0.212 e. The molecule has 0 saturated heterocycles. The molecule has 0 aliphatic heterocycles. The molecule has 0 bridgehead atoms. The van der Waals surface area contributed by atoms with E-state index in [0.717, 1.165) is 25.1 Å². The van der Waals surface area contributed by atoms with Gasteiger partial charge in [-0.25, -0.2) is 4.98 Å². The monoisotopic (exact) mass is 224 g/mol. The number of ether oxygens (including phenoxy) is 1.